The number of hydrogen-bond donors (Lipinski definition) is 1. The number of hydrogen-bond acceptors (Lipinski definition) is 6. The molecular weight excluding hydrogens is 314 g/mol. The minimum atomic E-state index is -0.887. The third kappa shape index (κ3) is 4.59. The Morgan fingerprint density at radius 1 is 1.33 bits per heavy atom. The molecule has 0 aliphatic carbocycles. The molecule has 142 valence electrons. The summed E-state index contributed by atoms with van der Waals surface area (Å²) in [6.07, 6.45) is -0.874. The number of carbonyl (C=O) groups is 1. The van der Waals surface area contributed by atoms with E-state index in [9.17, 15) is 9.90 Å². The van der Waals surface area contributed by atoms with Crippen LogP contribution in [0, 0.1) is 0 Å². The summed E-state index contributed by atoms with van der Waals surface area (Å²) in [7, 11) is 1.55. The molecule has 7 nitrogen and oxygen atoms in total. The number of methoxy groups -OCH3 is 1. The van der Waals surface area contributed by atoms with Crippen LogP contribution >= 0.6 is 0 Å². The van der Waals surface area contributed by atoms with E-state index in [-0.39, 0.29) is 19.5 Å². The van der Waals surface area contributed by atoms with Crippen molar-refractivity contribution in [3.05, 3.63) is 0 Å². The molecule has 1 N–H and O–H groups in total. The third-order valence-corrected chi connectivity index (χ3v) is 4.15. The third-order valence-electron chi connectivity index (χ3n) is 4.15. The van der Waals surface area contributed by atoms with Gasteiger partial charge in [-0.15, -0.1) is 0 Å². The van der Waals surface area contributed by atoms with E-state index in [0.29, 0.717) is 6.42 Å². The highest BCUT2D eigenvalue weighted by molar-refractivity contribution is 5.70. The predicted molar refractivity (Wildman–Crippen MR) is 89.6 cm³/mol. The highest BCUT2D eigenvalue weighted by atomic mass is 16.7. The summed E-state index contributed by atoms with van der Waals surface area (Å²) in [6.45, 7) is 12.9. The van der Waals surface area contributed by atoms with Gasteiger partial charge in [0.1, 0.15) is 24.2 Å². The van der Waals surface area contributed by atoms with Crippen LogP contribution in [0.5, 0.6) is 0 Å². The van der Waals surface area contributed by atoms with E-state index in [1.165, 1.54) is 0 Å². The lowest BCUT2D eigenvalue weighted by atomic mass is 9.87. The molecule has 1 fully saturated rings. The van der Waals surface area contributed by atoms with Crippen LogP contribution < -0.4 is 0 Å². The minimum absolute atomic E-state index is 0.0806. The zero-order valence-electron chi connectivity index (χ0n) is 16.2. The summed E-state index contributed by atoms with van der Waals surface area (Å²) < 4.78 is 22.3. The highest BCUT2D eigenvalue weighted by Crippen LogP contribution is 2.44. The molecule has 1 amide bonds. The molecule has 0 unspecified atom stereocenters. The van der Waals surface area contributed by atoms with Crippen LogP contribution in [-0.4, -0.2) is 65.7 Å². The van der Waals surface area contributed by atoms with Gasteiger partial charge in [-0.25, -0.2) is 4.79 Å². The second-order valence-electron chi connectivity index (χ2n) is 7.91. The molecule has 7 heteroatoms. The first-order valence-corrected chi connectivity index (χ1v) is 8.31. The molecule has 0 aromatic rings. The van der Waals surface area contributed by atoms with E-state index in [4.69, 9.17) is 18.9 Å². The average molecular weight is 347 g/mol. The molecular formula is C17H33NO6. The first-order chi connectivity index (χ1) is 10.9. The molecule has 1 saturated heterocycles. The maximum absolute atomic E-state index is 12.8. The minimum Gasteiger partial charge on any atom is -0.444 e. The van der Waals surface area contributed by atoms with Crippen molar-refractivity contribution in [2.45, 2.75) is 84.0 Å². The summed E-state index contributed by atoms with van der Waals surface area (Å²) in [6, 6.07) is 0. The van der Waals surface area contributed by atoms with Gasteiger partial charge in [-0.2, -0.15) is 0 Å². The maximum Gasteiger partial charge on any atom is 0.413 e. The average Bonchev–Trinajstić information content (AvgIpc) is 2.61. The molecule has 3 atom stereocenters. The Labute approximate surface area is 145 Å². The SMILES string of the molecule is COCO[C@@H](C)[C@@H]1OC(C)(C)N(C(=O)OC(C)(C)C)[C@@]1(C)CCO. The predicted octanol–water partition coefficient (Wildman–Crippen LogP) is 2.51. The smallest absolute Gasteiger partial charge is 0.413 e. The number of amides is 1. The van der Waals surface area contributed by atoms with Crippen molar-refractivity contribution in [3.8, 4) is 0 Å². The summed E-state index contributed by atoms with van der Waals surface area (Å²) >= 11 is 0. The van der Waals surface area contributed by atoms with Crippen LogP contribution in [0.3, 0.4) is 0 Å². The zero-order valence-corrected chi connectivity index (χ0v) is 16.2. The molecule has 1 aliphatic rings. The quantitative estimate of drug-likeness (QED) is 0.744. The Balaban J connectivity index is 3.16. The van der Waals surface area contributed by atoms with Crippen LogP contribution in [0.15, 0.2) is 0 Å². The van der Waals surface area contributed by atoms with Gasteiger partial charge in [-0.05, 0) is 54.9 Å². The van der Waals surface area contributed by atoms with Gasteiger partial charge < -0.3 is 24.1 Å². The number of aliphatic hydroxyl groups is 1. The fraction of sp³-hybridized carbons (Fsp3) is 0.941. The lowest BCUT2D eigenvalue weighted by Crippen LogP contribution is -2.58. The molecule has 1 rings (SSSR count). The van der Waals surface area contributed by atoms with E-state index in [0.717, 1.165) is 0 Å². The van der Waals surface area contributed by atoms with E-state index in [2.05, 4.69) is 0 Å². The summed E-state index contributed by atoms with van der Waals surface area (Å²) in [5.74, 6) is 0. The molecule has 1 aliphatic heterocycles. The molecule has 0 radical (unpaired) electrons. The zero-order chi connectivity index (χ0) is 18.8. The van der Waals surface area contributed by atoms with Gasteiger partial charge in [-0.1, -0.05) is 0 Å². The number of aliphatic hydroxyl groups excluding tert-OH is 1. The van der Waals surface area contributed by atoms with Crippen LogP contribution in [0.4, 0.5) is 4.79 Å². The van der Waals surface area contributed by atoms with E-state index < -0.39 is 29.1 Å². The highest BCUT2D eigenvalue weighted by Gasteiger charge is 2.60. The fourth-order valence-corrected chi connectivity index (χ4v) is 3.31. The van der Waals surface area contributed by atoms with Crippen molar-refractivity contribution in [1.82, 2.24) is 4.90 Å². The lowest BCUT2D eigenvalue weighted by Gasteiger charge is -2.42. The first-order valence-electron chi connectivity index (χ1n) is 8.31. The first kappa shape index (κ1) is 21.2. The van der Waals surface area contributed by atoms with E-state index in [1.807, 2.05) is 48.5 Å². The van der Waals surface area contributed by atoms with Gasteiger partial charge in [0.15, 0.2) is 0 Å². The Morgan fingerprint density at radius 2 is 1.92 bits per heavy atom. The van der Waals surface area contributed by atoms with Gasteiger partial charge in [0, 0.05) is 13.7 Å². The number of nitrogens with zero attached hydrogens (tertiary/aromatic N) is 1. The normalized spacial score (nSPS) is 28.0. The van der Waals surface area contributed by atoms with Crippen LogP contribution in [-0.2, 0) is 18.9 Å². The molecule has 1 heterocycles. The molecule has 0 aromatic carbocycles. The van der Waals surface area contributed by atoms with Crippen molar-refractivity contribution >= 4 is 6.09 Å². The van der Waals surface area contributed by atoms with Gasteiger partial charge >= 0.3 is 6.09 Å². The van der Waals surface area contributed by atoms with Crippen molar-refractivity contribution < 1.29 is 28.8 Å². The second-order valence-corrected chi connectivity index (χ2v) is 7.91. The summed E-state index contributed by atoms with van der Waals surface area (Å²) in [4.78, 5) is 14.4. The Bertz CT molecular complexity index is 433. The van der Waals surface area contributed by atoms with Crippen molar-refractivity contribution in [1.29, 1.82) is 0 Å². The second kappa shape index (κ2) is 7.56. The summed E-state index contributed by atoms with van der Waals surface area (Å²) in [5.41, 5.74) is -2.28. The monoisotopic (exact) mass is 347 g/mol. The lowest BCUT2D eigenvalue weighted by molar-refractivity contribution is -0.143. The Hall–Kier alpha value is -0.890. The van der Waals surface area contributed by atoms with Crippen molar-refractivity contribution in [2.75, 3.05) is 20.5 Å². The van der Waals surface area contributed by atoms with E-state index >= 15 is 0 Å². The molecule has 0 aromatic heterocycles. The van der Waals surface area contributed by atoms with E-state index in [1.54, 1.807) is 12.0 Å². The van der Waals surface area contributed by atoms with Crippen molar-refractivity contribution in [2.24, 2.45) is 0 Å². The molecule has 24 heavy (non-hydrogen) atoms. The van der Waals surface area contributed by atoms with Gasteiger partial charge in [0.2, 0.25) is 0 Å². The van der Waals surface area contributed by atoms with Crippen LogP contribution in [0.2, 0.25) is 0 Å². The summed E-state index contributed by atoms with van der Waals surface area (Å²) in [5, 5.41) is 9.57. The molecule has 0 saturated carbocycles. The van der Waals surface area contributed by atoms with Crippen LogP contribution in [0.1, 0.15) is 54.9 Å². The Morgan fingerprint density at radius 3 is 2.38 bits per heavy atom. The number of rotatable bonds is 6. The Kier molecular flexibility index (Phi) is 6.66. The van der Waals surface area contributed by atoms with Gasteiger partial charge in [0.25, 0.3) is 0 Å². The van der Waals surface area contributed by atoms with Gasteiger partial charge in [0.05, 0.1) is 11.6 Å². The topological polar surface area (TPSA) is 77.5 Å². The molecule has 0 spiro atoms. The van der Waals surface area contributed by atoms with Gasteiger partial charge in [-0.3, -0.25) is 4.90 Å². The molecule has 0 bridgehead atoms. The maximum atomic E-state index is 12.8. The largest absolute Gasteiger partial charge is 0.444 e. The van der Waals surface area contributed by atoms with Crippen molar-refractivity contribution in [3.63, 3.8) is 0 Å². The number of ether oxygens (including phenoxy) is 4. The number of carbonyl (C=O) groups excluding carboxylic acids is 1. The van der Waals surface area contributed by atoms with Crippen LogP contribution in [0.25, 0.3) is 0 Å². The standard InChI is InChI=1S/C17H33NO6/c1-12(22-11-21-8)13-17(7,9-10-19)18(16(5,6)23-13)14(20)24-15(2,3)4/h12-13,19H,9-11H2,1-8H3/t12-,13-,17-/m0/s1. The fourth-order valence-electron chi connectivity index (χ4n) is 3.31.